The standard InChI is InChI=1S/C13H16N2O/c1-3-16-13-8-10(9-14-2)11-6-4-5-7-12(11)15-13/h4-8,14H,3,9H2,1-2H3. The molecule has 0 amide bonds. The monoisotopic (exact) mass is 216 g/mol. The summed E-state index contributed by atoms with van der Waals surface area (Å²) >= 11 is 0. The summed E-state index contributed by atoms with van der Waals surface area (Å²) in [5, 5.41) is 4.34. The minimum absolute atomic E-state index is 0.643. The lowest BCUT2D eigenvalue weighted by Crippen LogP contribution is -2.06. The van der Waals surface area contributed by atoms with Crippen LogP contribution in [0.2, 0.25) is 0 Å². The fourth-order valence-corrected chi connectivity index (χ4v) is 1.78. The molecule has 2 rings (SSSR count). The molecule has 1 heterocycles. The molecule has 3 heteroatoms. The third-order valence-corrected chi connectivity index (χ3v) is 2.44. The Morgan fingerprint density at radius 2 is 2.12 bits per heavy atom. The molecule has 3 nitrogen and oxygen atoms in total. The largest absolute Gasteiger partial charge is 0.478 e. The van der Waals surface area contributed by atoms with E-state index >= 15 is 0 Å². The maximum atomic E-state index is 5.46. The first kappa shape index (κ1) is 10.9. The Labute approximate surface area is 95.5 Å². The van der Waals surface area contributed by atoms with E-state index in [0.717, 1.165) is 12.1 Å². The molecule has 84 valence electrons. The second kappa shape index (κ2) is 4.94. The summed E-state index contributed by atoms with van der Waals surface area (Å²) in [6.07, 6.45) is 0. The Hall–Kier alpha value is -1.61. The van der Waals surface area contributed by atoms with Gasteiger partial charge in [-0.05, 0) is 25.6 Å². The number of fused-ring (bicyclic) bond motifs is 1. The fourth-order valence-electron chi connectivity index (χ4n) is 1.78. The molecular weight excluding hydrogens is 200 g/mol. The topological polar surface area (TPSA) is 34.1 Å². The van der Waals surface area contributed by atoms with Crippen molar-refractivity contribution in [3.8, 4) is 5.88 Å². The van der Waals surface area contributed by atoms with Gasteiger partial charge in [-0.1, -0.05) is 18.2 Å². The van der Waals surface area contributed by atoms with Gasteiger partial charge in [-0.2, -0.15) is 0 Å². The number of rotatable bonds is 4. The predicted octanol–water partition coefficient (Wildman–Crippen LogP) is 2.35. The van der Waals surface area contributed by atoms with Crippen LogP contribution >= 0.6 is 0 Å². The molecule has 0 aliphatic heterocycles. The molecule has 0 atom stereocenters. The maximum Gasteiger partial charge on any atom is 0.214 e. The van der Waals surface area contributed by atoms with Crippen LogP contribution in [0.1, 0.15) is 12.5 Å². The van der Waals surface area contributed by atoms with Crippen LogP contribution in [0, 0.1) is 0 Å². The van der Waals surface area contributed by atoms with E-state index in [4.69, 9.17) is 4.74 Å². The molecule has 0 saturated carbocycles. The predicted molar refractivity (Wildman–Crippen MR) is 65.7 cm³/mol. The first-order valence-electron chi connectivity index (χ1n) is 5.51. The molecule has 0 radical (unpaired) electrons. The van der Waals surface area contributed by atoms with Crippen molar-refractivity contribution in [2.45, 2.75) is 13.5 Å². The fraction of sp³-hybridized carbons (Fsp3) is 0.308. The lowest BCUT2D eigenvalue weighted by atomic mass is 10.1. The zero-order valence-corrected chi connectivity index (χ0v) is 9.66. The van der Waals surface area contributed by atoms with Gasteiger partial charge in [-0.3, -0.25) is 0 Å². The van der Waals surface area contributed by atoms with Crippen LogP contribution in [0.25, 0.3) is 10.9 Å². The minimum atomic E-state index is 0.643. The van der Waals surface area contributed by atoms with E-state index < -0.39 is 0 Å². The summed E-state index contributed by atoms with van der Waals surface area (Å²) in [6, 6.07) is 10.1. The Balaban J connectivity index is 2.54. The van der Waals surface area contributed by atoms with Gasteiger partial charge < -0.3 is 10.1 Å². The first-order chi connectivity index (χ1) is 7.85. The van der Waals surface area contributed by atoms with Gasteiger partial charge in [0.25, 0.3) is 0 Å². The van der Waals surface area contributed by atoms with Crippen molar-refractivity contribution in [1.29, 1.82) is 0 Å². The summed E-state index contributed by atoms with van der Waals surface area (Å²) in [5.41, 5.74) is 2.20. The number of nitrogens with one attached hydrogen (secondary N) is 1. The molecule has 0 aliphatic rings. The van der Waals surface area contributed by atoms with Gasteiger partial charge in [0.1, 0.15) is 0 Å². The van der Waals surface area contributed by atoms with Gasteiger partial charge in [0.15, 0.2) is 0 Å². The highest BCUT2D eigenvalue weighted by atomic mass is 16.5. The highest BCUT2D eigenvalue weighted by Gasteiger charge is 2.04. The van der Waals surface area contributed by atoms with Crippen molar-refractivity contribution < 1.29 is 4.74 Å². The lowest BCUT2D eigenvalue weighted by Gasteiger charge is -2.09. The van der Waals surface area contributed by atoms with E-state index in [1.165, 1.54) is 10.9 Å². The number of para-hydroxylation sites is 1. The molecule has 0 spiro atoms. The molecule has 16 heavy (non-hydrogen) atoms. The van der Waals surface area contributed by atoms with E-state index in [1.54, 1.807) is 0 Å². The molecule has 0 aliphatic carbocycles. The Morgan fingerprint density at radius 3 is 2.88 bits per heavy atom. The van der Waals surface area contributed by atoms with Gasteiger partial charge in [0.05, 0.1) is 12.1 Å². The number of ether oxygens (including phenoxy) is 1. The third kappa shape index (κ3) is 2.14. The number of aromatic nitrogens is 1. The van der Waals surface area contributed by atoms with Gasteiger partial charge in [-0.15, -0.1) is 0 Å². The van der Waals surface area contributed by atoms with Crippen LogP contribution in [0.4, 0.5) is 0 Å². The minimum Gasteiger partial charge on any atom is -0.478 e. The van der Waals surface area contributed by atoms with E-state index in [0.29, 0.717) is 12.5 Å². The van der Waals surface area contributed by atoms with Crippen LogP contribution in [-0.4, -0.2) is 18.6 Å². The lowest BCUT2D eigenvalue weighted by molar-refractivity contribution is 0.327. The van der Waals surface area contributed by atoms with Crippen molar-refractivity contribution in [3.05, 3.63) is 35.9 Å². The molecule has 0 bridgehead atoms. The van der Waals surface area contributed by atoms with E-state index in [2.05, 4.69) is 16.4 Å². The highest BCUT2D eigenvalue weighted by molar-refractivity contribution is 5.82. The maximum absolute atomic E-state index is 5.46. The van der Waals surface area contributed by atoms with Gasteiger partial charge >= 0.3 is 0 Å². The molecule has 2 aromatic rings. The Bertz CT molecular complexity index is 482. The number of nitrogens with zero attached hydrogens (tertiary/aromatic N) is 1. The number of hydrogen-bond donors (Lipinski definition) is 1. The third-order valence-electron chi connectivity index (χ3n) is 2.44. The van der Waals surface area contributed by atoms with E-state index in [9.17, 15) is 0 Å². The van der Waals surface area contributed by atoms with Gasteiger partial charge in [0, 0.05) is 18.0 Å². The molecule has 0 saturated heterocycles. The van der Waals surface area contributed by atoms with Crippen LogP contribution in [0.3, 0.4) is 0 Å². The number of benzene rings is 1. The van der Waals surface area contributed by atoms with Crippen molar-refractivity contribution >= 4 is 10.9 Å². The van der Waals surface area contributed by atoms with Crippen LogP contribution in [-0.2, 0) is 6.54 Å². The number of hydrogen-bond acceptors (Lipinski definition) is 3. The summed E-state index contributed by atoms with van der Waals surface area (Å²) in [6.45, 7) is 3.43. The first-order valence-corrected chi connectivity index (χ1v) is 5.51. The van der Waals surface area contributed by atoms with Crippen LogP contribution < -0.4 is 10.1 Å². The summed E-state index contributed by atoms with van der Waals surface area (Å²) in [4.78, 5) is 4.46. The summed E-state index contributed by atoms with van der Waals surface area (Å²) in [5.74, 6) is 0.700. The highest BCUT2D eigenvalue weighted by Crippen LogP contribution is 2.21. The summed E-state index contributed by atoms with van der Waals surface area (Å²) in [7, 11) is 1.94. The normalized spacial score (nSPS) is 10.6. The van der Waals surface area contributed by atoms with Crippen LogP contribution in [0.5, 0.6) is 5.88 Å². The SMILES string of the molecule is CCOc1cc(CNC)c2ccccc2n1. The van der Waals surface area contributed by atoms with E-state index in [1.807, 2.05) is 38.2 Å². The second-order valence-electron chi connectivity index (χ2n) is 3.60. The molecular formula is C13H16N2O. The molecule has 1 aromatic carbocycles. The smallest absolute Gasteiger partial charge is 0.214 e. The van der Waals surface area contributed by atoms with E-state index in [-0.39, 0.29) is 0 Å². The second-order valence-corrected chi connectivity index (χ2v) is 3.60. The Morgan fingerprint density at radius 1 is 1.31 bits per heavy atom. The number of pyridine rings is 1. The molecule has 0 unspecified atom stereocenters. The Kier molecular flexibility index (Phi) is 3.37. The average Bonchev–Trinajstić information content (AvgIpc) is 2.30. The van der Waals surface area contributed by atoms with Crippen molar-refractivity contribution in [3.63, 3.8) is 0 Å². The summed E-state index contributed by atoms with van der Waals surface area (Å²) < 4.78 is 5.46. The molecule has 1 aromatic heterocycles. The van der Waals surface area contributed by atoms with Crippen LogP contribution in [0.15, 0.2) is 30.3 Å². The van der Waals surface area contributed by atoms with Gasteiger partial charge in [0.2, 0.25) is 5.88 Å². The quantitative estimate of drug-likeness (QED) is 0.851. The molecule has 0 fully saturated rings. The zero-order chi connectivity index (χ0) is 11.4. The van der Waals surface area contributed by atoms with Crippen molar-refractivity contribution in [2.24, 2.45) is 0 Å². The van der Waals surface area contributed by atoms with Gasteiger partial charge in [-0.25, -0.2) is 4.98 Å². The van der Waals surface area contributed by atoms with Crippen molar-refractivity contribution in [2.75, 3.05) is 13.7 Å². The zero-order valence-electron chi connectivity index (χ0n) is 9.66. The van der Waals surface area contributed by atoms with Crippen molar-refractivity contribution in [1.82, 2.24) is 10.3 Å². The average molecular weight is 216 g/mol. The molecule has 1 N–H and O–H groups in total.